The number of nitrogens with zero attached hydrogens (tertiary/aromatic N) is 12. The van der Waals surface area contributed by atoms with E-state index in [-0.39, 0.29) is 92.1 Å². The van der Waals surface area contributed by atoms with Gasteiger partial charge in [-0.3, -0.25) is 18.2 Å². The normalized spacial score (nSPS) is 27.9. The van der Waals surface area contributed by atoms with Gasteiger partial charge in [-0.15, -0.1) is 0 Å². The number of hydrogen-bond donors (Lipinski definition) is 1. The molecule has 0 saturated carbocycles. The van der Waals surface area contributed by atoms with Crippen molar-refractivity contribution in [1.29, 1.82) is 0 Å². The molecule has 0 bridgehead atoms. The van der Waals surface area contributed by atoms with Crippen LogP contribution in [-0.2, 0) is 50.6 Å². The number of unbranched alkanes of at least 4 members (excludes halogenated alkanes) is 3. The summed E-state index contributed by atoms with van der Waals surface area (Å²) in [5, 5.41) is 8.95. The quantitative estimate of drug-likeness (QED) is 0.106. The first-order chi connectivity index (χ1) is 31.3. The zero-order valence-electron chi connectivity index (χ0n) is 39.1. The lowest BCUT2D eigenvalue weighted by atomic mass is 10.2. The lowest BCUT2D eigenvalue weighted by molar-refractivity contribution is -0.228. The van der Waals surface area contributed by atoms with Gasteiger partial charge in [0.25, 0.3) is 7.82 Å². The van der Waals surface area contributed by atoms with Crippen LogP contribution in [0.4, 0.5) is 0 Å². The molecule has 4 unspecified atom stereocenters. The van der Waals surface area contributed by atoms with E-state index in [1.165, 1.54) is 9.34 Å². The van der Waals surface area contributed by atoms with Crippen molar-refractivity contribution in [3.63, 3.8) is 0 Å². The first-order valence-electron chi connectivity index (χ1n) is 22.5. The third-order valence-corrected chi connectivity index (χ3v) is 18.5. The Morgan fingerprint density at radius 2 is 0.879 bits per heavy atom. The lowest BCUT2D eigenvalue weighted by Gasteiger charge is -2.40. The number of rotatable bonds is 22. The Kier molecular flexibility index (Phi) is 19.4. The summed E-state index contributed by atoms with van der Waals surface area (Å²) in [5.41, 5.74) is 0. The van der Waals surface area contributed by atoms with E-state index in [9.17, 15) is 18.9 Å². The summed E-state index contributed by atoms with van der Waals surface area (Å²) in [6, 6.07) is 0. The van der Waals surface area contributed by atoms with Gasteiger partial charge in [0.2, 0.25) is 17.9 Å². The largest absolute Gasteiger partial charge is 0.770 e. The molecule has 0 aromatic carbocycles. The first-order valence-corrected chi connectivity index (χ1v) is 28.6. The SMILES string of the molecule is CN1CCN(C)C1=NP(=O)([O-])N1CCO[C@@H](COP(=O)(N=C2N(C)CCN2C)N2CCO[C@@H](COP(=O)(N=C3N(C)CCN3C)N3CCO[C@@H](COP(=O)([O-])OCCCCCCO)C3)C2)C1. The molecule has 7 atom stereocenters. The molecule has 380 valence electrons. The molecule has 0 spiro atoms. The molecule has 0 radical (unpaired) electrons. The van der Waals surface area contributed by atoms with Gasteiger partial charge in [0.1, 0.15) is 0 Å². The summed E-state index contributed by atoms with van der Waals surface area (Å²) in [5.74, 6) is 1.27. The summed E-state index contributed by atoms with van der Waals surface area (Å²) in [6.07, 6.45) is 0.210. The maximum absolute atomic E-state index is 15.2. The van der Waals surface area contributed by atoms with Gasteiger partial charge < -0.3 is 67.6 Å². The highest BCUT2D eigenvalue weighted by Gasteiger charge is 2.43. The number of phosphoric acid groups is 1. The molecule has 6 rings (SSSR count). The van der Waals surface area contributed by atoms with Crippen molar-refractivity contribution in [3.05, 3.63) is 0 Å². The van der Waals surface area contributed by atoms with E-state index in [1.54, 1.807) is 28.6 Å². The van der Waals surface area contributed by atoms with Crippen LogP contribution in [0.25, 0.3) is 0 Å². The number of likely N-dealkylation sites (N-methyl/N-ethyl adjacent to an activating group) is 6. The number of guanidine groups is 3. The van der Waals surface area contributed by atoms with E-state index in [2.05, 4.69) is 4.76 Å². The van der Waals surface area contributed by atoms with Crippen LogP contribution < -0.4 is 9.79 Å². The fourth-order valence-electron chi connectivity index (χ4n) is 8.00. The zero-order chi connectivity index (χ0) is 47.7. The number of phosphoric ester groups is 1. The van der Waals surface area contributed by atoms with Crippen molar-refractivity contribution in [2.24, 2.45) is 14.3 Å². The molecule has 6 fully saturated rings. The Morgan fingerprint density at radius 1 is 0.515 bits per heavy atom. The van der Waals surface area contributed by atoms with Gasteiger partial charge in [0.15, 0.2) is 7.67 Å². The molecule has 26 nitrogen and oxygen atoms in total. The number of hydrogen-bond acceptors (Lipinski definition) is 14. The predicted octanol–water partition coefficient (Wildman–Crippen LogP) is -0.439. The van der Waals surface area contributed by atoms with Gasteiger partial charge in [-0.05, 0) is 12.8 Å². The number of ether oxygens (including phenoxy) is 3. The summed E-state index contributed by atoms with van der Waals surface area (Å²) in [4.78, 5) is 37.1. The van der Waals surface area contributed by atoms with E-state index in [0.29, 0.717) is 76.4 Å². The van der Waals surface area contributed by atoms with Crippen LogP contribution in [0.2, 0.25) is 0 Å². The number of morpholine rings is 3. The highest BCUT2D eigenvalue weighted by Crippen LogP contribution is 2.56. The highest BCUT2D eigenvalue weighted by atomic mass is 31.2. The van der Waals surface area contributed by atoms with Crippen LogP contribution in [0.5, 0.6) is 0 Å². The Bertz CT molecular complexity index is 1870. The topological polar surface area (TPSA) is 265 Å². The van der Waals surface area contributed by atoms with Crippen LogP contribution >= 0.6 is 30.8 Å². The van der Waals surface area contributed by atoms with Gasteiger partial charge in [-0.1, -0.05) is 12.8 Å². The smallest absolute Gasteiger partial charge is 0.393 e. The molecule has 66 heavy (non-hydrogen) atoms. The summed E-state index contributed by atoms with van der Waals surface area (Å²) in [6.45, 7) is 3.67. The summed E-state index contributed by atoms with van der Waals surface area (Å²) < 4.78 is 115. The van der Waals surface area contributed by atoms with E-state index in [0.717, 1.165) is 6.42 Å². The zero-order valence-corrected chi connectivity index (χ0v) is 42.7. The molecule has 6 saturated heterocycles. The van der Waals surface area contributed by atoms with Crippen molar-refractivity contribution in [1.82, 2.24) is 43.4 Å². The minimum atomic E-state index is -4.66. The van der Waals surface area contributed by atoms with Crippen LogP contribution in [-0.4, -0.2) is 258 Å². The number of aliphatic hydroxyl groups is 1. The second-order valence-electron chi connectivity index (χ2n) is 17.2. The first kappa shape index (κ1) is 53.6. The highest BCUT2D eigenvalue weighted by molar-refractivity contribution is 7.55. The molecule has 1 N–H and O–H groups in total. The molecule has 0 aromatic rings. The maximum Gasteiger partial charge on any atom is 0.393 e. The Balaban J connectivity index is 1.13. The van der Waals surface area contributed by atoms with Crippen LogP contribution in [0.1, 0.15) is 25.7 Å². The van der Waals surface area contributed by atoms with Crippen molar-refractivity contribution in [3.8, 4) is 0 Å². The van der Waals surface area contributed by atoms with E-state index in [4.69, 9.17) is 46.9 Å². The van der Waals surface area contributed by atoms with Crippen LogP contribution in [0.15, 0.2) is 14.3 Å². The summed E-state index contributed by atoms with van der Waals surface area (Å²) in [7, 11) is -6.37. The molecule has 6 aliphatic rings. The number of aliphatic hydroxyl groups excluding tert-OH is 1. The van der Waals surface area contributed by atoms with Crippen molar-refractivity contribution < 1.29 is 65.5 Å². The second-order valence-corrected chi connectivity index (χ2v) is 24.4. The third-order valence-electron chi connectivity index (χ3n) is 12.0. The fourth-order valence-corrected chi connectivity index (χ4v) is 14.1. The summed E-state index contributed by atoms with van der Waals surface area (Å²) >= 11 is 0. The van der Waals surface area contributed by atoms with Gasteiger partial charge >= 0.3 is 15.3 Å². The van der Waals surface area contributed by atoms with Gasteiger partial charge in [0, 0.05) is 127 Å². The monoisotopic (exact) mass is 1020 g/mol. The average molecular weight is 1020 g/mol. The Hall–Kier alpha value is -1.79. The van der Waals surface area contributed by atoms with Crippen molar-refractivity contribution in [2.75, 3.05) is 174 Å². The van der Waals surface area contributed by atoms with E-state index in [1.807, 2.05) is 47.8 Å². The van der Waals surface area contributed by atoms with Crippen LogP contribution in [0, 0.1) is 0 Å². The van der Waals surface area contributed by atoms with Gasteiger partial charge in [0.05, 0.1) is 64.6 Å². The Labute approximate surface area is 388 Å². The molecule has 0 aliphatic carbocycles. The lowest BCUT2D eigenvalue weighted by Crippen LogP contribution is -2.46. The molecule has 0 amide bonds. The van der Waals surface area contributed by atoms with Crippen LogP contribution in [0.3, 0.4) is 0 Å². The maximum atomic E-state index is 15.2. The average Bonchev–Trinajstić information content (AvgIpc) is 3.91. The molecular formula is C36H70N12O14P4-2. The van der Waals surface area contributed by atoms with Crippen molar-refractivity contribution >= 4 is 48.7 Å². The third kappa shape index (κ3) is 14.4. The second kappa shape index (κ2) is 23.9. The molecule has 6 aliphatic heterocycles. The molecule has 30 heteroatoms. The van der Waals surface area contributed by atoms with E-state index < -0.39 is 49.1 Å². The Morgan fingerprint density at radius 3 is 1.30 bits per heavy atom. The molecule has 6 heterocycles. The minimum Gasteiger partial charge on any atom is -0.770 e. The standard InChI is InChI=1S/C36H72N12O14P4/c1-40-11-12-41(2)34(40)37-63(50,51)46-17-22-56-31(25-46)28-60-64(52,38-35-42(3)13-14-43(35)4)47-18-23-57-32(26-47)29-61-65(53,39-36-44(5)15-16-45(36)6)48-19-24-58-33(27-48)30-62-66(54,55)59-21-10-8-7-9-20-49/h31-33,49H,7-30H2,1-6H3,(H,50,51)(H,54,55)/p-2/t31-,32-,33-,64?,65?/m1/s1. The van der Waals surface area contributed by atoms with Gasteiger partial charge in [-0.2, -0.15) is 14.3 Å². The van der Waals surface area contributed by atoms with E-state index >= 15 is 9.13 Å². The minimum absolute atomic E-state index is 0.00357. The van der Waals surface area contributed by atoms with Gasteiger partial charge in [-0.25, -0.2) is 23.1 Å². The fraction of sp³-hybridized carbons (Fsp3) is 0.917. The van der Waals surface area contributed by atoms with Crippen molar-refractivity contribution in [2.45, 2.75) is 44.0 Å². The molecule has 0 aromatic heterocycles. The molecular weight excluding hydrogens is 948 g/mol. The predicted molar refractivity (Wildman–Crippen MR) is 242 cm³/mol.